The molecule has 0 aliphatic rings. The maximum absolute atomic E-state index is 11.6. The van der Waals surface area contributed by atoms with Gasteiger partial charge in [-0.25, -0.2) is 0 Å². The Morgan fingerprint density at radius 1 is 1.44 bits per heavy atom. The number of nitrogens with two attached hydrogens (primary N) is 1. The van der Waals surface area contributed by atoms with E-state index < -0.39 is 17.9 Å². The number of anilines is 1. The third-order valence-corrected chi connectivity index (χ3v) is 2.25. The monoisotopic (exact) mass is 222 g/mol. The molecule has 0 saturated carbocycles. The fourth-order valence-electron chi connectivity index (χ4n) is 1.16. The van der Waals surface area contributed by atoms with Crippen LogP contribution in [-0.2, 0) is 4.79 Å². The minimum absolute atomic E-state index is 0.403. The number of aliphatic carboxylic acids is 1. The summed E-state index contributed by atoms with van der Waals surface area (Å²) in [6, 6.07) is 3.89. The molecule has 0 bridgehead atoms. The fourth-order valence-corrected chi connectivity index (χ4v) is 1.16. The smallest absolute Gasteiger partial charge is 0.325 e. The molecule has 0 aromatic heterocycles. The van der Waals surface area contributed by atoms with Crippen molar-refractivity contribution >= 4 is 17.6 Å². The largest absolute Gasteiger partial charge is 0.480 e. The van der Waals surface area contributed by atoms with Gasteiger partial charge < -0.3 is 16.2 Å². The molecule has 0 aliphatic heterocycles. The van der Waals surface area contributed by atoms with E-state index in [9.17, 15) is 9.59 Å². The summed E-state index contributed by atoms with van der Waals surface area (Å²) in [4.78, 5) is 22.2. The number of carboxylic acids is 1. The first-order valence-electron chi connectivity index (χ1n) is 4.81. The molecule has 0 unspecified atom stereocenters. The molecule has 0 saturated heterocycles. The number of amides is 1. The molecular formula is C11H14N2O3. The van der Waals surface area contributed by atoms with Gasteiger partial charge in [-0.3, -0.25) is 9.59 Å². The molecule has 1 aromatic rings. The van der Waals surface area contributed by atoms with Crippen molar-refractivity contribution in [1.29, 1.82) is 0 Å². The Morgan fingerprint density at radius 3 is 2.56 bits per heavy atom. The summed E-state index contributed by atoms with van der Waals surface area (Å²) < 4.78 is 0. The molecule has 1 aromatic carbocycles. The van der Waals surface area contributed by atoms with Gasteiger partial charge in [0.05, 0.1) is 0 Å². The van der Waals surface area contributed by atoms with E-state index in [0.717, 1.165) is 5.56 Å². The topological polar surface area (TPSA) is 92.4 Å². The zero-order valence-electron chi connectivity index (χ0n) is 9.15. The number of hydrogen-bond acceptors (Lipinski definition) is 3. The van der Waals surface area contributed by atoms with Crippen molar-refractivity contribution in [2.24, 2.45) is 0 Å². The standard InChI is InChI=1S/C11H14N2O3/c1-6-5-8(3-4-9(6)12)10(14)13-7(2)11(15)16/h3-5,7H,12H2,1-2H3,(H,13,14)(H,15,16)/t7-/m1/s1. The predicted octanol–water partition coefficient (Wildman–Crippen LogP) is 0.780. The van der Waals surface area contributed by atoms with Crippen LogP contribution in [0.25, 0.3) is 0 Å². The lowest BCUT2D eigenvalue weighted by atomic mass is 10.1. The molecule has 0 fully saturated rings. The van der Waals surface area contributed by atoms with Crippen molar-refractivity contribution in [3.8, 4) is 0 Å². The van der Waals surface area contributed by atoms with E-state index in [0.29, 0.717) is 11.3 Å². The molecule has 0 spiro atoms. The molecule has 0 aliphatic carbocycles. The van der Waals surface area contributed by atoms with Gasteiger partial charge in [0.1, 0.15) is 6.04 Å². The normalized spacial score (nSPS) is 11.9. The second kappa shape index (κ2) is 4.65. The highest BCUT2D eigenvalue weighted by atomic mass is 16.4. The summed E-state index contributed by atoms with van der Waals surface area (Å²) in [5, 5.41) is 11.0. The first kappa shape index (κ1) is 12.0. The summed E-state index contributed by atoms with van der Waals surface area (Å²) in [5.74, 6) is -1.49. The van der Waals surface area contributed by atoms with Crippen LogP contribution in [-0.4, -0.2) is 23.0 Å². The first-order chi connectivity index (χ1) is 7.41. The summed E-state index contributed by atoms with van der Waals surface area (Å²) >= 11 is 0. The van der Waals surface area contributed by atoms with Gasteiger partial charge in [0.15, 0.2) is 0 Å². The lowest BCUT2D eigenvalue weighted by Gasteiger charge is -2.10. The molecular weight excluding hydrogens is 208 g/mol. The van der Waals surface area contributed by atoms with E-state index in [2.05, 4.69) is 5.32 Å². The van der Waals surface area contributed by atoms with Gasteiger partial charge in [0.2, 0.25) is 0 Å². The quantitative estimate of drug-likeness (QED) is 0.659. The zero-order chi connectivity index (χ0) is 12.3. The summed E-state index contributed by atoms with van der Waals surface area (Å²) in [6.07, 6.45) is 0. The van der Waals surface area contributed by atoms with Crippen LogP contribution in [0.5, 0.6) is 0 Å². The molecule has 1 atom stereocenters. The number of aryl methyl sites for hydroxylation is 1. The number of benzene rings is 1. The van der Waals surface area contributed by atoms with Gasteiger partial charge in [0, 0.05) is 11.3 Å². The highest BCUT2D eigenvalue weighted by molar-refractivity contribution is 5.97. The second-order valence-corrected chi connectivity index (χ2v) is 3.60. The molecule has 16 heavy (non-hydrogen) atoms. The number of carboxylic acid groups (broad SMARTS) is 1. The molecule has 1 rings (SSSR count). The minimum Gasteiger partial charge on any atom is -0.480 e. The van der Waals surface area contributed by atoms with Crippen LogP contribution < -0.4 is 11.1 Å². The van der Waals surface area contributed by atoms with Crippen LogP contribution in [0.3, 0.4) is 0 Å². The van der Waals surface area contributed by atoms with Crippen LogP contribution in [0.2, 0.25) is 0 Å². The van der Waals surface area contributed by atoms with Crippen molar-refractivity contribution in [3.63, 3.8) is 0 Å². The Bertz CT molecular complexity index is 429. The Labute approximate surface area is 93.3 Å². The van der Waals surface area contributed by atoms with Crippen LogP contribution in [0.4, 0.5) is 5.69 Å². The van der Waals surface area contributed by atoms with E-state index >= 15 is 0 Å². The molecule has 0 radical (unpaired) electrons. The zero-order valence-corrected chi connectivity index (χ0v) is 9.15. The van der Waals surface area contributed by atoms with Crippen molar-refractivity contribution in [3.05, 3.63) is 29.3 Å². The minimum atomic E-state index is -1.07. The van der Waals surface area contributed by atoms with E-state index in [1.165, 1.54) is 6.92 Å². The van der Waals surface area contributed by atoms with E-state index in [1.807, 2.05) is 0 Å². The van der Waals surface area contributed by atoms with Gasteiger partial charge in [-0.05, 0) is 37.6 Å². The van der Waals surface area contributed by atoms with Gasteiger partial charge >= 0.3 is 5.97 Å². The van der Waals surface area contributed by atoms with E-state index in [1.54, 1.807) is 25.1 Å². The van der Waals surface area contributed by atoms with Crippen LogP contribution in [0.15, 0.2) is 18.2 Å². The third-order valence-electron chi connectivity index (χ3n) is 2.25. The van der Waals surface area contributed by atoms with E-state index in [4.69, 9.17) is 10.8 Å². The second-order valence-electron chi connectivity index (χ2n) is 3.60. The summed E-state index contributed by atoms with van der Waals surface area (Å²) in [6.45, 7) is 3.19. The number of nitrogen functional groups attached to an aromatic ring is 1. The van der Waals surface area contributed by atoms with Gasteiger partial charge in [-0.15, -0.1) is 0 Å². The Balaban J connectivity index is 2.81. The van der Waals surface area contributed by atoms with Crippen molar-refractivity contribution in [2.75, 3.05) is 5.73 Å². The molecule has 4 N–H and O–H groups in total. The Morgan fingerprint density at radius 2 is 2.06 bits per heavy atom. The highest BCUT2D eigenvalue weighted by Crippen LogP contribution is 2.12. The van der Waals surface area contributed by atoms with Crippen molar-refractivity contribution in [1.82, 2.24) is 5.32 Å². The van der Waals surface area contributed by atoms with Gasteiger partial charge in [-0.1, -0.05) is 0 Å². The number of carbonyl (C=O) groups excluding carboxylic acids is 1. The SMILES string of the molecule is Cc1cc(C(=O)N[C@H](C)C(=O)O)ccc1N. The maximum Gasteiger partial charge on any atom is 0.325 e. The fraction of sp³-hybridized carbons (Fsp3) is 0.273. The van der Waals surface area contributed by atoms with Crippen molar-refractivity contribution in [2.45, 2.75) is 19.9 Å². The molecule has 0 heterocycles. The highest BCUT2D eigenvalue weighted by Gasteiger charge is 2.15. The average Bonchev–Trinajstić information content (AvgIpc) is 2.21. The third kappa shape index (κ3) is 2.73. The van der Waals surface area contributed by atoms with Crippen LogP contribution in [0.1, 0.15) is 22.8 Å². The predicted molar refractivity (Wildman–Crippen MR) is 60.2 cm³/mol. The van der Waals surface area contributed by atoms with E-state index in [-0.39, 0.29) is 0 Å². The van der Waals surface area contributed by atoms with Crippen LogP contribution >= 0.6 is 0 Å². The van der Waals surface area contributed by atoms with Crippen molar-refractivity contribution < 1.29 is 14.7 Å². The maximum atomic E-state index is 11.6. The number of hydrogen-bond donors (Lipinski definition) is 3. The molecule has 1 amide bonds. The number of nitrogens with one attached hydrogen (secondary N) is 1. The first-order valence-corrected chi connectivity index (χ1v) is 4.81. The van der Waals surface area contributed by atoms with Crippen LogP contribution in [0, 0.1) is 6.92 Å². The lowest BCUT2D eigenvalue weighted by Crippen LogP contribution is -2.38. The molecule has 86 valence electrons. The number of rotatable bonds is 3. The molecule has 5 heteroatoms. The summed E-state index contributed by atoms with van der Waals surface area (Å²) in [7, 11) is 0. The average molecular weight is 222 g/mol. The Kier molecular flexibility index (Phi) is 3.50. The Hall–Kier alpha value is -2.04. The van der Waals surface area contributed by atoms with Gasteiger partial charge in [-0.2, -0.15) is 0 Å². The summed E-state index contributed by atoms with van der Waals surface area (Å²) in [5.41, 5.74) is 7.40. The molecule has 5 nitrogen and oxygen atoms in total. The lowest BCUT2D eigenvalue weighted by molar-refractivity contribution is -0.138. The number of carbonyl (C=O) groups is 2. The van der Waals surface area contributed by atoms with Gasteiger partial charge in [0.25, 0.3) is 5.91 Å².